The van der Waals surface area contributed by atoms with Gasteiger partial charge in [-0.2, -0.15) is 0 Å². The predicted molar refractivity (Wildman–Crippen MR) is 80.3 cm³/mol. The third-order valence-corrected chi connectivity index (χ3v) is 3.13. The molecule has 2 aromatic rings. The largest absolute Gasteiger partial charge is 0.495 e. The number of amides is 1. The van der Waals surface area contributed by atoms with Crippen molar-refractivity contribution < 1.29 is 9.53 Å². The fourth-order valence-electron chi connectivity index (χ4n) is 1.79. The Morgan fingerprint density at radius 2 is 2.10 bits per heavy atom. The van der Waals surface area contributed by atoms with Crippen LogP contribution < -0.4 is 15.8 Å². The average molecular weight is 291 g/mol. The summed E-state index contributed by atoms with van der Waals surface area (Å²) in [6.45, 7) is 0.398. The van der Waals surface area contributed by atoms with Gasteiger partial charge in [-0.1, -0.05) is 23.7 Å². The highest BCUT2D eigenvalue weighted by Crippen LogP contribution is 2.27. The molecule has 5 heteroatoms. The minimum Gasteiger partial charge on any atom is -0.495 e. The smallest absolute Gasteiger partial charge is 0.255 e. The second kappa shape index (κ2) is 6.41. The minimum absolute atomic E-state index is 0.207. The van der Waals surface area contributed by atoms with Crippen molar-refractivity contribution in [3.63, 3.8) is 0 Å². The van der Waals surface area contributed by atoms with Crippen molar-refractivity contribution >= 4 is 23.2 Å². The van der Waals surface area contributed by atoms with Crippen molar-refractivity contribution in [3.05, 3.63) is 58.6 Å². The van der Waals surface area contributed by atoms with Crippen LogP contribution in [0.5, 0.6) is 5.75 Å². The number of nitrogens with two attached hydrogens (primary N) is 1. The van der Waals surface area contributed by atoms with Crippen molar-refractivity contribution in [2.45, 2.75) is 6.54 Å². The van der Waals surface area contributed by atoms with Crippen molar-refractivity contribution in [1.82, 2.24) is 0 Å². The SMILES string of the molecule is COc1ccc(NC(=O)c2cccc(CN)c2)cc1Cl. The summed E-state index contributed by atoms with van der Waals surface area (Å²) in [5, 5.41) is 3.23. The number of rotatable bonds is 4. The normalized spacial score (nSPS) is 10.2. The Morgan fingerprint density at radius 1 is 1.30 bits per heavy atom. The standard InChI is InChI=1S/C15H15ClN2O2/c1-20-14-6-5-12(8-13(14)16)18-15(19)11-4-2-3-10(7-11)9-17/h2-8H,9,17H2,1H3,(H,18,19). The number of anilines is 1. The van der Waals surface area contributed by atoms with Gasteiger partial charge in [-0.3, -0.25) is 4.79 Å². The molecule has 2 aromatic carbocycles. The molecule has 0 atom stereocenters. The fraction of sp³-hybridized carbons (Fsp3) is 0.133. The molecule has 2 rings (SSSR count). The highest BCUT2D eigenvalue weighted by atomic mass is 35.5. The Hall–Kier alpha value is -2.04. The van der Waals surface area contributed by atoms with Crippen LogP contribution in [0.2, 0.25) is 5.02 Å². The van der Waals surface area contributed by atoms with E-state index in [9.17, 15) is 4.79 Å². The number of halogens is 1. The third kappa shape index (κ3) is 3.29. The molecule has 0 aromatic heterocycles. The van der Waals surface area contributed by atoms with E-state index in [0.717, 1.165) is 5.56 Å². The molecule has 0 aliphatic rings. The van der Waals surface area contributed by atoms with Crippen LogP contribution in [0.25, 0.3) is 0 Å². The summed E-state index contributed by atoms with van der Waals surface area (Å²) in [7, 11) is 1.54. The van der Waals surface area contributed by atoms with Gasteiger partial charge in [0.2, 0.25) is 0 Å². The number of carbonyl (C=O) groups is 1. The molecular weight excluding hydrogens is 276 g/mol. The van der Waals surface area contributed by atoms with Crippen LogP contribution >= 0.6 is 11.6 Å². The molecule has 0 saturated carbocycles. The van der Waals surface area contributed by atoms with Crippen LogP contribution in [-0.4, -0.2) is 13.0 Å². The van der Waals surface area contributed by atoms with E-state index in [0.29, 0.717) is 28.6 Å². The topological polar surface area (TPSA) is 64.3 Å². The summed E-state index contributed by atoms with van der Waals surface area (Å²) < 4.78 is 5.06. The molecule has 0 radical (unpaired) electrons. The lowest BCUT2D eigenvalue weighted by atomic mass is 10.1. The summed E-state index contributed by atoms with van der Waals surface area (Å²) in [4.78, 5) is 12.1. The molecule has 0 unspecified atom stereocenters. The lowest BCUT2D eigenvalue weighted by Gasteiger charge is -2.08. The Morgan fingerprint density at radius 3 is 2.75 bits per heavy atom. The molecular formula is C15H15ClN2O2. The Labute approximate surface area is 122 Å². The van der Waals surface area contributed by atoms with Crippen LogP contribution in [0, 0.1) is 0 Å². The van der Waals surface area contributed by atoms with E-state index in [1.165, 1.54) is 7.11 Å². The quantitative estimate of drug-likeness (QED) is 0.909. The highest BCUT2D eigenvalue weighted by molar-refractivity contribution is 6.32. The van der Waals surface area contributed by atoms with E-state index >= 15 is 0 Å². The first-order valence-corrected chi connectivity index (χ1v) is 6.45. The average Bonchev–Trinajstić information content (AvgIpc) is 2.47. The first kappa shape index (κ1) is 14.4. The fourth-order valence-corrected chi connectivity index (χ4v) is 2.04. The number of ether oxygens (including phenoxy) is 1. The molecule has 0 bridgehead atoms. The number of hydrogen-bond donors (Lipinski definition) is 2. The van der Waals surface area contributed by atoms with E-state index < -0.39 is 0 Å². The summed E-state index contributed by atoms with van der Waals surface area (Å²) in [6.07, 6.45) is 0. The van der Waals surface area contributed by atoms with Crippen molar-refractivity contribution in [3.8, 4) is 5.75 Å². The summed E-state index contributed by atoms with van der Waals surface area (Å²) in [5.74, 6) is 0.358. The van der Waals surface area contributed by atoms with Gasteiger partial charge in [0.15, 0.2) is 0 Å². The van der Waals surface area contributed by atoms with Crippen molar-refractivity contribution in [2.75, 3.05) is 12.4 Å². The van der Waals surface area contributed by atoms with Gasteiger partial charge in [0.05, 0.1) is 12.1 Å². The summed E-state index contributed by atoms with van der Waals surface area (Å²) in [5.41, 5.74) is 7.63. The molecule has 0 saturated heterocycles. The molecule has 0 aliphatic carbocycles. The molecule has 20 heavy (non-hydrogen) atoms. The van der Waals surface area contributed by atoms with Crippen molar-refractivity contribution in [1.29, 1.82) is 0 Å². The van der Waals surface area contributed by atoms with Gasteiger partial charge >= 0.3 is 0 Å². The summed E-state index contributed by atoms with van der Waals surface area (Å²) >= 11 is 6.01. The second-order valence-corrected chi connectivity index (χ2v) is 4.62. The van der Waals surface area contributed by atoms with E-state index in [4.69, 9.17) is 22.1 Å². The highest BCUT2D eigenvalue weighted by Gasteiger charge is 2.08. The molecule has 0 spiro atoms. The minimum atomic E-state index is -0.207. The monoisotopic (exact) mass is 290 g/mol. The number of hydrogen-bond acceptors (Lipinski definition) is 3. The van der Waals surface area contributed by atoms with Gasteiger partial charge in [0.25, 0.3) is 5.91 Å². The molecule has 0 aliphatic heterocycles. The van der Waals surface area contributed by atoms with Gasteiger partial charge in [-0.15, -0.1) is 0 Å². The van der Waals surface area contributed by atoms with E-state index in [1.54, 1.807) is 36.4 Å². The molecule has 0 heterocycles. The predicted octanol–water partition coefficient (Wildman–Crippen LogP) is 3.06. The second-order valence-electron chi connectivity index (χ2n) is 4.21. The molecule has 4 nitrogen and oxygen atoms in total. The van der Waals surface area contributed by atoms with Crippen LogP contribution in [0.3, 0.4) is 0 Å². The number of benzene rings is 2. The molecule has 1 amide bonds. The number of carbonyl (C=O) groups excluding carboxylic acids is 1. The van der Waals surface area contributed by atoms with Gasteiger partial charge in [0.1, 0.15) is 5.75 Å². The maximum atomic E-state index is 12.1. The molecule has 3 N–H and O–H groups in total. The lowest BCUT2D eigenvalue weighted by Crippen LogP contribution is -2.12. The first-order chi connectivity index (χ1) is 9.63. The first-order valence-electron chi connectivity index (χ1n) is 6.08. The van der Waals surface area contributed by atoms with E-state index in [1.807, 2.05) is 6.07 Å². The van der Waals surface area contributed by atoms with Crippen LogP contribution in [0.4, 0.5) is 5.69 Å². The van der Waals surface area contributed by atoms with Gasteiger partial charge < -0.3 is 15.8 Å². The van der Waals surface area contributed by atoms with Crippen LogP contribution in [0.15, 0.2) is 42.5 Å². The van der Waals surface area contributed by atoms with Gasteiger partial charge in [0, 0.05) is 17.8 Å². The number of nitrogens with one attached hydrogen (secondary N) is 1. The van der Waals surface area contributed by atoms with E-state index in [2.05, 4.69) is 5.32 Å². The van der Waals surface area contributed by atoms with E-state index in [-0.39, 0.29) is 5.91 Å². The van der Waals surface area contributed by atoms with Crippen molar-refractivity contribution in [2.24, 2.45) is 5.73 Å². The third-order valence-electron chi connectivity index (χ3n) is 2.83. The zero-order valence-corrected chi connectivity index (χ0v) is 11.8. The summed E-state index contributed by atoms with van der Waals surface area (Å²) in [6, 6.07) is 12.3. The van der Waals surface area contributed by atoms with Crippen LogP contribution in [0.1, 0.15) is 15.9 Å². The maximum Gasteiger partial charge on any atom is 0.255 e. The molecule has 104 valence electrons. The van der Waals surface area contributed by atoms with Gasteiger partial charge in [-0.25, -0.2) is 0 Å². The zero-order chi connectivity index (χ0) is 14.5. The zero-order valence-electron chi connectivity index (χ0n) is 11.0. The van der Waals surface area contributed by atoms with Crippen LogP contribution in [-0.2, 0) is 6.54 Å². The molecule has 0 fully saturated rings. The Balaban J connectivity index is 2.16. The number of methoxy groups -OCH3 is 1. The Kier molecular flexibility index (Phi) is 4.61. The maximum absolute atomic E-state index is 12.1. The lowest BCUT2D eigenvalue weighted by molar-refractivity contribution is 0.102. The van der Waals surface area contributed by atoms with Gasteiger partial charge in [-0.05, 0) is 35.9 Å². The Bertz CT molecular complexity index is 629.